The first kappa shape index (κ1) is 16.9. The van der Waals surface area contributed by atoms with E-state index >= 15 is 0 Å². The number of anilines is 1. The van der Waals surface area contributed by atoms with E-state index in [-0.39, 0.29) is 10.6 Å². The number of non-ortho nitro benzene ring substituents is 1. The standard InChI is InChI=1S/C18H16N2O4S/c1-12-9-10-13(2)18(11-12)25(23,24)19-16-7-3-6-15-14(16)5-4-8-17(15)20(21)22/h3-11,19H,1-2H3. The Morgan fingerprint density at radius 1 is 0.960 bits per heavy atom. The molecule has 0 amide bonds. The van der Waals surface area contributed by atoms with Crippen LogP contribution in [0.2, 0.25) is 0 Å². The predicted octanol–water partition coefficient (Wildman–Crippen LogP) is 4.17. The lowest BCUT2D eigenvalue weighted by Gasteiger charge is -2.13. The molecule has 0 heterocycles. The smallest absolute Gasteiger partial charge is 0.277 e. The number of hydrogen-bond donors (Lipinski definition) is 1. The summed E-state index contributed by atoms with van der Waals surface area (Å²) in [5, 5.41) is 12.0. The van der Waals surface area contributed by atoms with Crippen molar-refractivity contribution in [3.05, 3.63) is 75.8 Å². The van der Waals surface area contributed by atoms with Gasteiger partial charge < -0.3 is 0 Å². The van der Waals surface area contributed by atoms with Gasteiger partial charge in [-0.05, 0) is 43.2 Å². The van der Waals surface area contributed by atoms with E-state index in [1.54, 1.807) is 43.3 Å². The highest BCUT2D eigenvalue weighted by Gasteiger charge is 2.20. The number of aryl methyl sites for hydroxylation is 2. The van der Waals surface area contributed by atoms with E-state index in [1.165, 1.54) is 12.1 Å². The summed E-state index contributed by atoms with van der Waals surface area (Å²) in [5.74, 6) is 0. The largest absolute Gasteiger partial charge is 0.279 e. The van der Waals surface area contributed by atoms with Crippen LogP contribution >= 0.6 is 0 Å². The number of rotatable bonds is 4. The van der Waals surface area contributed by atoms with Gasteiger partial charge in [-0.2, -0.15) is 0 Å². The van der Waals surface area contributed by atoms with Crippen LogP contribution in [0.25, 0.3) is 10.8 Å². The maximum absolute atomic E-state index is 12.8. The summed E-state index contributed by atoms with van der Waals surface area (Å²) in [4.78, 5) is 10.9. The molecule has 0 spiro atoms. The molecule has 25 heavy (non-hydrogen) atoms. The van der Waals surface area contributed by atoms with Crippen LogP contribution < -0.4 is 4.72 Å². The van der Waals surface area contributed by atoms with Gasteiger partial charge in [0.25, 0.3) is 15.7 Å². The van der Waals surface area contributed by atoms with Crippen molar-refractivity contribution >= 4 is 32.2 Å². The number of nitro groups is 1. The van der Waals surface area contributed by atoms with Gasteiger partial charge in [-0.25, -0.2) is 8.42 Å². The van der Waals surface area contributed by atoms with Gasteiger partial charge in [-0.3, -0.25) is 14.8 Å². The van der Waals surface area contributed by atoms with Crippen molar-refractivity contribution in [2.24, 2.45) is 0 Å². The summed E-state index contributed by atoms with van der Waals surface area (Å²) < 4.78 is 28.1. The lowest BCUT2D eigenvalue weighted by molar-refractivity contribution is -0.383. The second kappa shape index (κ2) is 6.18. The molecule has 0 bridgehead atoms. The Balaban J connectivity index is 2.13. The molecule has 0 aliphatic carbocycles. The lowest BCUT2D eigenvalue weighted by Crippen LogP contribution is -2.14. The van der Waals surface area contributed by atoms with Gasteiger partial charge >= 0.3 is 0 Å². The second-order valence-corrected chi connectivity index (χ2v) is 7.46. The fourth-order valence-electron chi connectivity index (χ4n) is 2.74. The molecule has 6 nitrogen and oxygen atoms in total. The quantitative estimate of drug-likeness (QED) is 0.561. The summed E-state index contributed by atoms with van der Waals surface area (Å²) in [5.41, 5.74) is 1.70. The summed E-state index contributed by atoms with van der Waals surface area (Å²) in [6.07, 6.45) is 0. The molecule has 1 N–H and O–H groups in total. The third kappa shape index (κ3) is 3.18. The third-order valence-corrected chi connectivity index (χ3v) is 5.48. The Bertz CT molecular complexity index is 1090. The Morgan fingerprint density at radius 2 is 1.64 bits per heavy atom. The zero-order chi connectivity index (χ0) is 18.2. The Hall–Kier alpha value is -2.93. The third-order valence-electron chi connectivity index (χ3n) is 3.97. The van der Waals surface area contributed by atoms with Gasteiger partial charge in [0.2, 0.25) is 0 Å². The van der Waals surface area contributed by atoms with Gasteiger partial charge in [-0.15, -0.1) is 0 Å². The Kier molecular flexibility index (Phi) is 4.18. The summed E-state index contributed by atoms with van der Waals surface area (Å²) >= 11 is 0. The van der Waals surface area contributed by atoms with E-state index in [0.717, 1.165) is 5.56 Å². The van der Waals surface area contributed by atoms with Crippen LogP contribution in [0.1, 0.15) is 11.1 Å². The van der Waals surface area contributed by atoms with E-state index in [2.05, 4.69) is 4.72 Å². The Morgan fingerprint density at radius 3 is 2.36 bits per heavy atom. The van der Waals surface area contributed by atoms with Gasteiger partial charge in [-0.1, -0.05) is 30.3 Å². The minimum absolute atomic E-state index is 0.0646. The summed E-state index contributed by atoms with van der Waals surface area (Å²) in [6.45, 7) is 3.54. The molecule has 0 aromatic heterocycles. The second-order valence-electron chi connectivity index (χ2n) is 5.81. The molecule has 0 atom stereocenters. The van der Waals surface area contributed by atoms with Crippen LogP contribution in [0.15, 0.2) is 59.5 Å². The van der Waals surface area contributed by atoms with Crippen molar-refractivity contribution < 1.29 is 13.3 Å². The molecule has 128 valence electrons. The van der Waals surface area contributed by atoms with Crippen molar-refractivity contribution in [2.75, 3.05) is 4.72 Å². The molecule has 3 rings (SSSR count). The van der Waals surface area contributed by atoms with Crippen LogP contribution in [0, 0.1) is 24.0 Å². The van der Waals surface area contributed by atoms with Crippen LogP contribution in [-0.4, -0.2) is 13.3 Å². The number of nitrogens with one attached hydrogen (secondary N) is 1. The van der Waals surface area contributed by atoms with Gasteiger partial charge in [0.1, 0.15) is 0 Å². The van der Waals surface area contributed by atoms with E-state index in [9.17, 15) is 18.5 Å². The molecule has 0 radical (unpaired) electrons. The minimum atomic E-state index is -3.81. The summed E-state index contributed by atoms with van der Waals surface area (Å²) in [7, 11) is -3.81. The topological polar surface area (TPSA) is 89.3 Å². The average molecular weight is 356 g/mol. The molecule has 0 saturated heterocycles. The molecule has 3 aromatic carbocycles. The fraction of sp³-hybridized carbons (Fsp3) is 0.111. The molecule has 0 unspecified atom stereocenters. The fourth-order valence-corrected chi connectivity index (χ4v) is 4.15. The van der Waals surface area contributed by atoms with Crippen molar-refractivity contribution in [2.45, 2.75) is 18.7 Å². The maximum Gasteiger partial charge on any atom is 0.277 e. The highest BCUT2D eigenvalue weighted by Crippen LogP contribution is 2.32. The molecular formula is C18H16N2O4S. The normalized spacial score (nSPS) is 11.4. The van der Waals surface area contributed by atoms with Gasteiger partial charge in [0, 0.05) is 11.5 Å². The number of benzene rings is 3. The minimum Gasteiger partial charge on any atom is -0.279 e. The van der Waals surface area contributed by atoms with E-state index < -0.39 is 14.9 Å². The number of sulfonamides is 1. The zero-order valence-electron chi connectivity index (χ0n) is 13.7. The van der Waals surface area contributed by atoms with Crippen LogP contribution in [0.4, 0.5) is 11.4 Å². The van der Waals surface area contributed by atoms with Gasteiger partial charge in [0.05, 0.1) is 20.9 Å². The number of hydrogen-bond acceptors (Lipinski definition) is 4. The molecule has 3 aromatic rings. The van der Waals surface area contributed by atoms with Crippen molar-refractivity contribution in [1.82, 2.24) is 0 Å². The van der Waals surface area contributed by atoms with Crippen molar-refractivity contribution in [3.8, 4) is 0 Å². The van der Waals surface area contributed by atoms with Crippen molar-refractivity contribution in [3.63, 3.8) is 0 Å². The van der Waals surface area contributed by atoms with E-state index in [1.807, 2.05) is 13.0 Å². The number of nitrogens with zero attached hydrogens (tertiary/aromatic N) is 1. The van der Waals surface area contributed by atoms with E-state index in [4.69, 9.17) is 0 Å². The molecule has 7 heteroatoms. The molecular weight excluding hydrogens is 340 g/mol. The van der Waals surface area contributed by atoms with Crippen LogP contribution in [-0.2, 0) is 10.0 Å². The van der Waals surface area contributed by atoms with Crippen LogP contribution in [0.5, 0.6) is 0 Å². The SMILES string of the molecule is Cc1ccc(C)c(S(=O)(=O)Nc2cccc3c([N+](=O)[O-])cccc23)c1. The molecule has 0 aliphatic rings. The first-order chi connectivity index (χ1) is 11.8. The maximum atomic E-state index is 12.8. The van der Waals surface area contributed by atoms with Crippen LogP contribution in [0.3, 0.4) is 0 Å². The molecule has 0 fully saturated rings. The first-order valence-corrected chi connectivity index (χ1v) is 9.04. The molecule has 0 aliphatic heterocycles. The first-order valence-electron chi connectivity index (χ1n) is 7.56. The Labute approximate surface area is 145 Å². The highest BCUT2D eigenvalue weighted by atomic mass is 32.2. The number of nitro benzene ring substituents is 1. The van der Waals surface area contributed by atoms with Gasteiger partial charge in [0.15, 0.2) is 0 Å². The van der Waals surface area contributed by atoms with Crippen molar-refractivity contribution in [1.29, 1.82) is 0 Å². The summed E-state index contributed by atoms with van der Waals surface area (Å²) in [6, 6.07) is 14.6. The predicted molar refractivity (Wildman–Crippen MR) is 97.3 cm³/mol. The van der Waals surface area contributed by atoms with E-state index in [0.29, 0.717) is 22.0 Å². The average Bonchev–Trinajstić information content (AvgIpc) is 2.56. The monoisotopic (exact) mass is 356 g/mol. The zero-order valence-corrected chi connectivity index (χ0v) is 14.5. The lowest BCUT2D eigenvalue weighted by atomic mass is 10.1. The molecule has 0 saturated carbocycles. The highest BCUT2D eigenvalue weighted by molar-refractivity contribution is 7.92. The number of fused-ring (bicyclic) bond motifs is 1.